The number of rotatable bonds is 5. The van der Waals surface area contributed by atoms with E-state index in [2.05, 4.69) is 10.6 Å². The van der Waals surface area contributed by atoms with Crippen molar-refractivity contribution in [1.82, 2.24) is 10.6 Å². The predicted octanol–water partition coefficient (Wildman–Crippen LogP) is -0.128. The summed E-state index contributed by atoms with van der Waals surface area (Å²) < 4.78 is 0. The Bertz CT molecular complexity index is 165. The van der Waals surface area contributed by atoms with Crippen LogP contribution in [0.5, 0.6) is 0 Å². The van der Waals surface area contributed by atoms with Crippen molar-refractivity contribution in [2.24, 2.45) is 0 Å². The van der Waals surface area contributed by atoms with Gasteiger partial charge in [-0.3, -0.25) is 4.79 Å². The summed E-state index contributed by atoms with van der Waals surface area (Å²) in [7, 11) is 1.74. The minimum Gasteiger partial charge on any atom is -0.394 e. The number of hydrogen-bond acceptors (Lipinski definition) is 3. The standard InChI is InChI=1S/C9H20N2O2/c1-5-7(6-12)11-8(13)9(2,3)10-4/h7,10,12H,5-6H2,1-4H3,(H,11,13). The zero-order valence-corrected chi connectivity index (χ0v) is 8.85. The lowest BCUT2D eigenvalue weighted by Crippen LogP contribution is -2.54. The molecule has 0 heterocycles. The van der Waals surface area contributed by atoms with Crippen molar-refractivity contribution in [2.45, 2.75) is 38.8 Å². The van der Waals surface area contributed by atoms with Crippen molar-refractivity contribution in [3.8, 4) is 0 Å². The van der Waals surface area contributed by atoms with E-state index in [1.165, 1.54) is 0 Å². The number of likely N-dealkylation sites (N-methyl/N-ethyl adjacent to an activating group) is 1. The molecule has 0 aliphatic rings. The van der Waals surface area contributed by atoms with E-state index in [-0.39, 0.29) is 18.6 Å². The average molecular weight is 188 g/mol. The topological polar surface area (TPSA) is 61.4 Å². The number of carbonyl (C=O) groups is 1. The Balaban J connectivity index is 4.13. The van der Waals surface area contributed by atoms with E-state index in [4.69, 9.17) is 5.11 Å². The molecule has 0 spiro atoms. The third-order valence-corrected chi connectivity index (χ3v) is 2.24. The van der Waals surface area contributed by atoms with Gasteiger partial charge in [-0.25, -0.2) is 0 Å². The van der Waals surface area contributed by atoms with Gasteiger partial charge in [0.2, 0.25) is 5.91 Å². The first-order chi connectivity index (χ1) is 5.97. The van der Waals surface area contributed by atoms with Gasteiger partial charge in [-0.15, -0.1) is 0 Å². The molecule has 4 nitrogen and oxygen atoms in total. The Morgan fingerprint density at radius 3 is 2.38 bits per heavy atom. The summed E-state index contributed by atoms with van der Waals surface area (Å²) in [6, 6.07) is -0.139. The molecular formula is C9H20N2O2. The van der Waals surface area contributed by atoms with E-state index >= 15 is 0 Å². The third kappa shape index (κ3) is 3.74. The van der Waals surface area contributed by atoms with E-state index in [9.17, 15) is 4.79 Å². The van der Waals surface area contributed by atoms with E-state index < -0.39 is 5.54 Å². The molecule has 0 rings (SSSR count). The van der Waals surface area contributed by atoms with Gasteiger partial charge in [-0.2, -0.15) is 0 Å². The average Bonchev–Trinajstić information content (AvgIpc) is 2.13. The quantitative estimate of drug-likeness (QED) is 0.563. The molecule has 0 bridgehead atoms. The Hall–Kier alpha value is -0.610. The molecule has 0 radical (unpaired) electrons. The van der Waals surface area contributed by atoms with Crippen LogP contribution in [-0.4, -0.2) is 36.2 Å². The second-order valence-electron chi connectivity index (χ2n) is 3.64. The lowest BCUT2D eigenvalue weighted by molar-refractivity contribution is -0.127. The van der Waals surface area contributed by atoms with Gasteiger partial charge in [-0.1, -0.05) is 6.92 Å². The molecule has 1 unspecified atom stereocenters. The highest BCUT2D eigenvalue weighted by Crippen LogP contribution is 2.01. The van der Waals surface area contributed by atoms with Crippen LogP contribution in [0.4, 0.5) is 0 Å². The second kappa shape index (κ2) is 5.19. The van der Waals surface area contributed by atoms with Gasteiger partial charge >= 0.3 is 0 Å². The van der Waals surface area contributed by atoms with Crippen LogP contribution in [0.2, 0.25) is 0 Å². The molecule has 0 saturated carbocycles. The second-order valence-corrected chi connectivity index (χ2v) is 3.64. The molecular weight excluding hydrogens is 168 g/mol. The number of carbonyl (C=O) groups excluding carboxylic acids is 1. The van der Waals surface area contributed by atoms with Crippen LogP contribution < -0.4 is 10.6 Å². The lowest BCUT2D eigenvalue weighted by Gasteiger charge is -2.25. The highest BCUT2D eigenvalue weighted by atomic mass is 16.3. The maximum Gasteiger partial charge on any atom is 0.240 e. The van der Waals surface area contributed by atoms with Gasteiger partial charge in [0, 0.05) is 0 Å². The smallest absolute Gasteiger partial charge is 0.240 e. The van der Waals surface area contributed by atoms with Crippen molar-refractivity contribution in [1.29, 1.82) is 0 Å². The zero-order valence-electron chi connectivity index (χ0n) is 8.85. The van der Waals surface area contributed by atoms with Gasteiger partial charge in [-0.05, 0) is 27.3 Å². The van der Waals surface area contributed by atoms with E-state index in [0.717, 1.165) is 6.42 Å². The van der Waals surface area contributed by atoms with Gasteiger partial charge in [0.05, 0.1) is 18.2 Å². The van der Waals surface area contributed by atoms with Crippen molar-refractivity contribution < 1.29 is 9.90 Å². The van der Waals surface area contributed by atoms with Crippen LogP contribution in [0.25, 0.3) is 0 Å². The zero-order chi connectivity index (χ0) is 10.5. The number of nitrogens with one attached hydrogen (secondary N) is 2. The number of hydrogen-bond donors (Lipinski definition) is 3. The first-order valence-corrected chi connectivity index (χ1v) is 4.58. The van der Waals surface area contributed by atoms with Gasteiger partial charge in [0.1, 0.15) is 0 Å². The maximum absolute atomic E-state index is 11.5. The van der Waals surface area contributed by atoms with E-state index in [0.29, 0.717) is 0 Å². The summed E-state index contributed by atoms with van der Waals surface area (Å²) in [5, 5.41) is 14.5. The fraction of sp³-hybridized carbons (Fsp3) is 0.889. The van der Waals surface area contributed by atoms with Crippen LogP contribution in [0.1, 0.15) is 27.2 Å². The van der Waals surface area contributed by atoms with Crippen LogP contribution in [0, 0.1) is 0 Å². The molecule has 0 aliphatic carbocycles. The minimum atomic E-state index is -0.581. The van der Waals surface area contributed by atoms with Crippen LogP contribution in [-0.2, 0) is 4.79 Å². The molecule has 1 atom stereocenters. The van der Waals surface area contributed by atoms with Gasteiger partial charge in [0.25, 0.3) is 0 Å². The molecule has 3 N–H and O–H groups in total. The molecule has 4 heteroatoms. The first-order valence-electron chi connectivity index (χ1n) is 4.58. The number of aliphatic hydroxyl groups excluding tert-OH is 1. The lowest BCUT2D eigenvalue weighted by atomic mass is 10.0. The summed E-state index contributed by atoms with van der Waals surface area (Å²) >= 11 is 0. The van der Waals surface area contributed by atoms with E-state index in [1.807, 2.05) is 6.92 Å². The molecule has 0 aromatic carbocycles. The van der Waals surface area contributed by atoms with Crippen LogP contribution in [0.15, 0.2) is 0 Å². The molecule has 78 valence electrons. The molecule has 13 heavy (non-hydrogen) atoms. The van der Waals surface area contributed by atoms with Crippen molar-refractivity contribution in [3.63, 3.8) is 0 Å². The minimum absolute atomic E-state index is 0.0119. The van der Waals surface area contributed by atoms with Crippen molar-refractivity contribution >= 4 is 5.91 Å². The Morgan fingerprint density at radius 2 is 2.08 bits per heavy atom. The summed E-state index contributed by atoms with van der Waals surface area (Å²) in [5.41, 5.74) is -0.581. The molecule has 0 fully saturated rings. The third-order valence-electron chi connectivity index (χ3n) is 2.24. The van der Waals surface area contributed by atoms with E-state index in [1.54, 1.807) is 20.9 Å². The van der Waals surface area contributed by atoms with Crippen LogP contribution >= 0.6 is 0 Å². The molecule has 0 saturated heterocycles. The molecule has 0 aromatic heterocycles. The highest BCUT2D eigenvalue weighted by Gasteiger charge is 2.26. The summed E-state index contributed by atoms with van der Waals surface area (Å²) in [4.78, 5) is 11.5. The normalized spacial score (nSPS) is 13.9. The number of amides is 1. The Labute approximate surface area is 79.7 Å². The van der Waals surface area contributed by atoms with Crippen LogP contribution in [0.3, 0.4) is 0 Å². The molecule has 0 aromatic rings. The number of aliphatic hydroxyl groups is 1. The summed E-state index contributed by atoms with van der Waals surface area (Å²) in [6.45, 7) is 5.51. The largest absolute Gasteiger partial charge is 0.394 e. The first kappa shape index (κ1) is 12.4. The molecule has 1 amide bonds. The summed E-state index contributed by atoms with van der Waals surface area (Å²) in [5.74, 6) is -0.0871. The van der Waals surface area contributed by atoms with Gasteiger partial charge in [0.15, 0.2) is 0 Å². The van der Waals surface area contributed by atoms with Crippen molar-refractivity contribution in [2.75, 3.05) is 13.7 Å². The SMILES string of the molecule is CCC(CO)NC(=O)C(C)(C)NC. The maximum atomic E-state index is 11.5. The fourth-order valence-electron chi connectivity index (χ4n) is 0.756. The predicted molar refractivity (Wildman–Crippen MR) is 52.4 cm³/mol. The van der Waals surface area contributed by atoms with Crippen molar-refractivity contribution in [3.05, 3.63) is 0 Å². The Morgan fingerprint density at radius 1 is 1.54 bits per heavy atom. The highest BCUT2D eigenvalue weighted by molar-refractivity contribution is 5.85. The monoisotopic (exact) mass is 188 g/mol. The molecule has 0 aliphatic heterocycles. The van der Waals surface area contributed by atoms with Gasteiger partial charge < -0.3 is 15.7 Å². The fourth-order valence-corrected chi connectivity index (χ4v) is 0.756. The Kier molecular flexibility index (Phi) is 4.95. The summed E-state index contributed by atoms with van der Waals surface area (Å²) in [6.07, 6.45) is 0.738.